The van der Waals surface area contributed by atoms with Crippen LogP contribution in [0.4, 0.5) is 5.69 Å². The highest BCUT2D eigenvalue weighted by Crippen LogP contribution is 2.29. The van der Waals surface area contributed by atoms with Gasteiger partial charge in [-0.3, -0.25) is 14.9 Å². The molecule has 126 valence electrons. The average Bonchev–Trinajstić information content (AvgIpc) is 2.55. The van der Waals surface area contributed by atoms with E-state index in [1.54, 1.807) is 18.2 Å². The van der Waals surface area contributed by atoms with Gasteiger partial charge in [0, 0.05) is 18.0 Å². The number of carbonyl (C=O) groups is 1. The standard InChI is InChI=1S/C17H16Cl2N2O3/c1-17(2,11-7-8-13(18)14(19)9-11)10-20-16(22)12-5-3-4-6-15(12)21(23)24/h3-9H,10H2,1-2H3,(H,20,22). The van der Waals surface area contributed by atoms with E-state index in [4.69, 9.17) is 23.2 Å². The number of benzene rings is 2. The Morgan fingerprint density at radius 3 is 2.46 bits per heavy atom. The maximum absolute atomic E-state index is 12.3. The molecule has 2 aromatic rings. The van der Waals surface area contributed by atoms with Gasteiger partial charge in [0.25, 0.3) is 11.6 Å². The number of rotatable bonds is 5. The maximum atomic E-state index is 12.3. The van der Waals surface area contributed by atoms with E-state index in [1.165, 1.54) is 18.2 Å². The summed E-state index contributed by atoms with van der Waals surface area (Å²) in [6.07, 6.45) is 0. The number of nitro groups is 1. The van der Waals surface area contributed by atoms with Crippen molar-refractivity contribution in [2.45, 2.75) is 19.3 Å². The third-order valence-corrected chi connectivity index (χ3v) is 4.48. The zero-order valence-corrected chi connectivity index (χ0v) is 14.7. The summed E-state index contributed by atoms with van der Waals surface area (Å²) >= 11 is 12.0. The van der Waals surface area contributed by atoms with E-state index >= 15 is 0 Å². The van der Waals surface area contributed by atoms with Crippen LogP contribution in [0.3, 0.4) is 0 Å². The van der Waals surface area contributed by atoms with E-state index in [9.17, 15) is 14.9 Å². The second kappa shape index (κ2) is 7.20. The molecule has 0 fully saturated rings. The minimum atomic E-state index is -0.570. The lowest BCUT2D eigenvalue weighted by atomic mass is 9.84. The van der Waals surface area contributed by atoms with Crippen LogP contribution in [0.25, 0.3) is 0 Å². The van der Waals surface area contributed by atoms with Crippen LogP contribution in [-0.4, -0.2) is 17.4 Å². The van der Waals surface area contributed by atoms with Gasteiger partial charge in [-0.05, 0) is 23.8 Å². The van der Waals surface area contributed by atoms with Crippen LogP contribution in [0.1, 0.15) is 29.8 Å². The summed E-state index contributed by atoms with van der Waals surface area (Å²) in [6.45, 7) is 4.16. The molecule has 2 rings (SSSR count). The first-order chi connectivity index (χ1) is 11.2. The zero-order chi connectivity index (χ0) is 17.9. The van der Waals surface area contributed by atoms with Gasteiger partial charge in [-0.1, -0.05) is 55.2 Å². The van der Waals surface area contributed by atoms with Gasteiger partial charge in [0.2, 0.25) is 0 Å². The Morgan fingerprint density at radius 1 is 1.17 bits per heavy atom. The molecule has 0 aliphatic rings. The van der Waals surface area contributed by atoms with E-state index in [0.29, 0.717) is 10.0 Å². The molecule has 0 spiro atoms. The summed E-state index contributed by atoms with van der Waals surface area (Å²) in [5.41, 5.74) is 0.294. The molecule has 0 aromatic heterocycles. The summed E-state index contributed by atoms with van der Waals surface area (Å²) in [7, 11) is 0. The second-order valence-corrected chi connectivity index (χ2v) is 6.78. The molecule has 0 heterocycles. The number of carbonyl (C=O) groups excluding carboxylic acids is 1. The number of halogens is 2. The monoisotopic (exact) mass is 366 g/mol. The second-order valence-electron chi connectivity index (χ2n) is 5.97. The molecular formula is C17H16Cl2N2O3. The van der Waals surface area contributed by atoms with Crippen LogP contribution in [0.2, 0.25) is 10.0 Å². The lowest BCUT2D eigenvalue weighted by Crippen LogP contribution is -2.36. The van der Waals surface area contributed by atoms with Gasteiger partial charge in [0.05, 0.1) is 15.0 Å². The van der Waals surface area contributed by atoms with Crippen molar-refractivity contribution in [2.75, 3.05) is 6.54 Å². The van der Waals surface area contributed by atoms with E-state index in [2.05, 4.69) is 5.32 Å². The first-order valence-electron chi connectivity index (χ1n) is 7.19. The normalized spacial score (nSPS) is 11.2. The Labute approximate surface area is 149 Å². The number of nitrogens with zero attached hydrogens (tertiary/aromatic N) is 1. The number of hydrogen-bond acceptors (Lipinski definition) is 3. The highest BCUT2D eigenvalue weighted by atomic mass is 35.5. The molecule has 0 saturated heterocycles. The van der Waals surface area contributed by atoms with Crippen molar-refractivity contribution in [1.82, 2.24) is 5.32 Å². The van der Waals surface area contributed by atoms with Crippen molar-refractivity contribution < 1.29 is 9.72 Å². The molecule has 0 radical (unpaired) electrons. The number of nitro benzene ring substituents is 1. The van der Waals surface area contributed by atoms with E-state index < -0.39 is 16.2 Å². The van der Waals surface area contributed by atoms with E-state index in [-0.39, 0.29) is 17.8 Å². The molecule has 0 atom stereocenters. The van der Waals surface area contributed by atoms with Crippen LogP contribution in [-0.2, 0) is 5.41 Å². The van der Waals surface area contributed by atoms with Crippen molar-refractivity contribution in [2.24, 2.45) is 0 Å². The Kier molecular flexibility index (Phi) is 5.47. The Bertz CT molecular complexity index is 791. The fraction of sp³-hybridized carbons (Fsp3) is 0.235. The lowest BCUT2D eigenvalue weighted by molar-refractivity contribution is -0.385. The van der Waals surface area contributed by atoms with Gasteiger partial charge in [-0.25, -0.2) is 0 Å². The molecular weight excluding hydrogens is 351 g/mol. The minimum Gasteiger partial charge on any atom is -0.351 e. The molecule has 0 aliphatic heterocycles. The predicted molar refractivity (Wildman–Crippen MR) is 94.9 cm³/mol. The lowest BCUT2D eigenvalue weighted by Gasteiger charge is -2.26. The number of para-hydroxylation sites is 1. The molecule has 0 aliphatic carbocycles. The van der Waals surface area contributed by atoms with Crippen LogP contribution < -0.4 is 5.32 Å². The molecule has 24 heavy (non-hydrogen) atoms. The highest BCUT2D eigenvalue weighted by molar-refractivity contribution is 6.42. The maximum Gasteiger partial charge on any atom is 0.282 e. The van der Waals surface area contributed by atoms with Crippen molar-refractivity contribution >= 4 is 34.8 Å². The highest BCUT2D eigenvalue weighted by Gasteiger charge is 2.25. The first-order valence-corrected chi connectivity index (χ1v) is 7.95. The van der Waals surface area contributed by atoms with Crippen molar-refractivity contribution in [3.05, 3.63) is 73.8 Å². The average molecular weight is 367 g/mol. The summed E-state index contributed by atoms with van der Waals surface area (Å²) in [6, 6.07) is 11.1. The van der Waals surface area contributed by atoms with Crippen molar-refractivity contribution in [1.29, 1.82) is 0 Å². The molecule has 0 bridgehead atoms. The summed E-state index contributed by atoms with van der Waals surface area (Å²) in [4.78, 5) is 22.8. The summed E-state index contributed by atoms with van der Waals surface area (Å²) < 4.78 is 0. The topological polar surface area (TPSA) is 72.2 Å². The molecule has 1 amide bonds. The van der Waals surface area contributed by atoms with Gasteiger partial charge >= 0.3 is 0 Å². The van der Waals surface area contributed by atoms with Gasteiger partial charge in [0.1, 0.15) is 5.56 Å². The molecule has 5 nitrogen and oxygen atoms in total. The van der Waals surface area contributed by atoms with E-state index in [1.807, 2.05) is 19.9 Å². The van der Waals surface area contributed by atoms with Crippen LogP contribution in [0.15, 0.2) is 42.5 Å². The fourth-order valence-electron chi connectivity index (χ4n) is 2.24. The summed E-state index contributed by atoms with van der Waals surface area (Å²) in [5.74, 6) is -0.490. The van der Waals surface area contributed by atoms with Crippen LogP contribution in [0, 0.1) is 10.1 Å². The smallest absolute Gasteiger partial charge is 0.282 e. The zero-order valence-electron chi connectivity index (χ0n) is 13.2. The van der Waals surface area contributed by atoms with Gasteiger partial charge in [-0.2, -0.15) is 0 Å². The Morgan fingerprint density at radius 2 is 1.83 bits per heavy atom. The molecule has 7 heteroatoms. The molecule has 1 N–H and O–H groups in total. The van der Waals surface area contributed by atoms with Crippen LogP contribution >= 0.6 is 23.2 Å². The van der Waals surface area contributed by atoms with Crippen molar-refractivity contribution in [3.63, 3.8) is 0 Å². The van der Waals surface area contributed by atoms with Gasteiger partial charge < -0.3 is 5.32 Å². The van der Waals surface area contributed by atoms with Gasteiger partial charge in [0.15, 0.2) is 0 Å². The third kappa shape index (κ3) is 4.04. The number of hydrogen-bond donors (Lipinski definition) is 1. The van der Waals surface area contributed by atoms with Gasteiger partial charge in [-0.15, -0.1) is 0 Å². The van der Waals surface area contributed by atoms with Crippen LogP contribution in [0.5, 0.6) is 0 Å². The van der Waals surface area contributed by atoms with E-state index in [0.717, 1.165) is 5.56 Å². The number of amides is 1. The Hall–Kier alpha value is -2.11. The number of nitrogens with one attached hydrogen (secondary N) is 1. The van der Waals surface area contributed by atoms with Crippen molar-refractivity contribution in [3.8, 4) is 0 Å². The molecule has 2 aromatic carbocycles. The third-order valence-electron chi connectivity index (χ3n) is 3.74. The quantitative estimate of drug-likeness (QED) is 0.620. The molecule has 0 saturated carbocycles. The largest absolute Gasteiger partial charge is 0.351 e. The molecule has 0 unspecified atom stereocenters. The Balaban J connectivity index is 2.16. The minimum absolute atomic E-state index is 0.0347. The predicted octanol–water partition coefficient (Wildman–Crippen LogP) is 4.61. The summed E-state index contributed by atoms with van der Waals surface area (Å²) in [5, 5.41) is 14.7. The fourth-order valence-corrected chi connectivity index (χ4v) is 2.54. The first kappa shape index (κ1) is 18.2. The SMILES string of the molecule is CC(C)(CNC(=O)c1ccccc1[N+](=O)[O-])c1ccc(Cl)c(Cl)c1.